The standard InChI is InChI=1S/C25H18N4OS.C25H18N3OS.C24H17N4OS.C24H16N4OS.4Pt/c1-17-12-18(2)29(28-17)21-8-4-10-23(14-21)30-22-9-3-6-19(13-22)25-27-16-24(31-25)20-7-5-11-26-15-20;1-27-13-14-28(18-27)21-10-6-12-23(16-21)29-22-11-5-9-20(15-22)25-26-17-24(30-25)19-7-3-2-4-8-19;1-27-11-12-28(17-27)20-7-3-9-22(14-20)29-21-8-2-5-18(13-21)24-26-16-23(30-24)19-6-4-10-25-15-19;1-28-12-11-26-23(28)17-5-2-8-20(13-17)29-21-9-3-6-18(14-21)24-27-16-22(30-24)19-7-4-10-25-15-19;;;;/h3-12,15-16H,1-2H3;2-14,17-18H,1H3;2-12,15-17H,1H3;2-12,15-16H,1H3;;;;/q-2;2*-3;-2;;;2*+2. The summed E-state index contributed by atoms with van der Waals surface area (Å²) in [5, 5.41) is 8.08. The van der Waals surface area contributed by atoms with E-state index in [1.54, 1.807) is 70.1 Å². The van der Waals surface area contributed by atoms with Gasteiger partial charge in [0.2, 0.25) is 0 Å². The quantitative estimate of drug-likeness (QED) is 0.0658. The van der Waals surface area contributed by atoms with Crippen LogP contribution in [0.2, 0.25) is 0 Å². The summed E-state index contributed by atoms with van der Waals surface area (Å²) in [6, 6.07) is 97.1. The first kappa shape index (κ1) is 90.7. The molecule has 0 radical (unpaired) electrons. The van der Waals surface area contributed by atoms with Crippen molar-refractivity contribution in [2.24, 2.45) is 7.05 Å². The molecule has 630 valence electrons. The molecular weight excluding hydrogens is 2360 g/mol. The molecule has 2 aliphatic heterocycles. The van der Waals surface area contributed by atoms with E-state index in [4.69, 9.17) is 18.9 Å². The van der Waals surface area contributed by atoms with Gasteiger partial charge in [0.05, 0.1) is 11.5 Å². The molecule has 0 bridgehead atoms. The number of rotatable bonds is 20. The zero-order chi connectivity index (χ0) is 82.2. The molecule has 0 unspecified atom stereocenters. The predicted octanol–water partition coefficient (Wildman–Crippen LogP) is 23.5. The smallest absolute Gasteiger partial charge is 0.510 e. The average molecular weight is 2430 g/mol. The topological polar surface area (TPSA) is 176 Å². The average Bonchev–Trinajstić information content (AvgIpc) is 1.73. The maximum absolute atomic E-state index is 6.06. The molecule has 0 aliphatic carbocycles. The van der Waals surface area contributed by atoms with Crippen molar-refractivity contribution in [1.82, 2.24) is 64.0 Å². The van der Waals surface area contributed by atoms with Crippen molar-refractivity contribution in [3.05, 3.63) is 391 Å². The van der Waals surface area contributed by atoms with Crippen molar-refractivity contribution < 1.29 is 103 Å². The van der Waals surface area contributed by atoms with Gasteiger partial charge in [-0.05, 0) is 88.3 Å². The molecule has 0 amide bonds. The molecule has 0 saturated heterocycles. The summed E-state index contributed by atoms with van der Waals surface area (Å²) in [6.07, 6.45) is 29.9. The zero-order valence-corrected chi connectivity index (χ0v) is 79.3. The number of pyridine rings is 3. The van der Waals surface area contributed by atoms with Gasteiger partial charge >= 0.3 is 42.1 Å². The van der Waals surface area contributed by atoms with Gasteiger partial charge in [0, 0.05) is 231 Å². The normalized spacial score (nSPS) is 11.6. The summed E-state index contributed by atoms with van der Waals surface area (Å²) in [5.41, 5.74) is 13.4. The van der Waals surface area contributed by atoms with Crippen molar-refractivity contribution in [1.29, 1.82) is 0 Å². The molecule has 9 aromatic heterocycles. The summed E-state index contributed by atoms with van der Waals surface area (Å²) in [6.45, 7) is 7.95. The van der Waals surface area contributed by atoms with Gasteiger partial charge in [-0.15, -0.1) is 185 Å². The minimum Gasteiger partial charge on any atom is -0.510 e. The number of ether oxygens (including phenoxy) is 4. The molecular formula is C98H69N15O4Pt4S4-6. The number of aromatic nitrogens is 11. The molecule has 20 rings (SSSR count). The Morgan fingerprint density at radius 1 is 0.320 bits per heavy atom. The van der Waals surface area contributed by atoms with Crippen LogP contribution in [0.1, 0.15) is 11.4 Å². The Bertz CT molecular complexity index is 6420. The fourth-order valence-corrected chi connectivity index (χ4v) is 16.1. The Hall–Kier alpha value is -12.0. The number of imidazole rings is 1. The molecule has 9 aromatic carbocycles. The van der Waals surface area contributed by atoms with E-state index in [2.05, 4.69) is 106 Å². The second-order valence-corrected chi connectivity index (χ2v) is 31.3. The predicted molar refractivity (Wildman–Crippen MR) is 478 cm³/mol. The number of benzene rings is 9. The van der Waals surface area contributed by atoms with Crippen molar-refractivity contribution in [2.75, 3.05) is 23.9 Å². The molecule has 2 aliphatic rings. The number of aryl methyl sites for hydroxylation is 3. The van der Waals surface area contributed by atoms with Gasteiger partial charge in [0.25, 0.3) is 0 Å². The Morgan fingerprint density at radius 2 is 0.648 bits per heavy atom. The number of anilines is 2. The van der Waals surface area contributed by atoms with Gasteiger partial charge in [-0.3, -0.25) is 44.6 Å². The van der Waals surface area contributed by atoms with Crippen LogP contribution in [-0.4, -0.2) is 78.1 Å². The van der Waals surface area contributed by atoms with Crippen LogP contribution in [0.3, 0.4) is 0 Å². The first-order chi connectivity index (χ1) is 59.4. The number of nitrogens with zero attached hydrogens (tertiary/aromatic N) is 15. The van der Waals surface area contributed by atoms with E-state index in [1.807, 2.05) is 358 Å². The largest absolute Gasteiger partial charge is 2.00 e. The van der Waals surface area contributed by atoms with Gasteiger partial charge in [-0.25, -0.2) is 0 Å². The van der Waals surface area contributed by atoms with Gasteiger partial charge in [0.15, 0.2) is 0 Å². The zero-order valence-electron chi connectivity index (χ0n) is 66.9. The first-order valence-electron chi connectivity index (χ1n) is 38.0. The van der Waals surface area contributed by atoms with Crippen molar-refractivity contribution in [3.8, 4) is 147 Å². The third-order valence-electron chi connectivity index (χ3n) is 18.2. The Morgan fingerprint density at radius 3 is 0.976 bits per heavy atom. The summed E-state index contributed by atoms with van der Waals surface area (Å²) in [4.78, 5) is 47.4. The van der Waals surface area contributed by atoms with Crippen LogP contribution in [0.5, 0.6) is 46.0 Å². The first-order valence-corrected chi connectivity index (χ1v) is 41.3. The minimum absolute atomic E-state index is 0. The number of hydrogen-bond acceptors (Lipinski definition) is 21. The van der Waals surface area contributed by atoms with Crippen molar-refractivity contribution >= 4 is 56.7 Å². The maximum atomic E-state index is 6.06. The Labute approximate surface area is 798 Å². The van der Waals surface area contributed by atoms with E-state index in [-0.39, 0.29) is 84.3 Å². The van der Waals surface area contributed by atoms with Crippen LogP contribution in [-0.2, 0) is 91.3 Å². The minimum atomic E-state index is 0. The van der Waals surface area contributed by atoms with Crippen LogP contribution in [0.25, 0.3) is 101 Å². The number of thiazole rings is 4. The van der Waals surface area contributed by atoms with E-state index in [9.17, 15) is 0 Å². The molecule has 18 aromatic rings. The monoisotopic (exact) mass is 2430 g/mol. The van der Waals surface area contributed by atoms with Gasteiger partial charge in [-0.2, -0.15) is 82.0 Å². The maximum Gasteiger partial charge on any atom is 2.00 e. The fraction of sp³-hybridized carbons (Fsp3) is 0.0510. The van der Waals surface area contributed by atoms with Gasteiger partial charge in [-0.1, -0.05) is 78.9 Å². The van der Waals surface area contributed by atoms with Gasteiger partial charge < -0.3 is 43.1 Å². The molecule has 0 N–H and O–H groups in total. The van der Waals surface area contributed by atoms with Crippen LogP contribution in [0, 0.1) is 75.7 Å². The third kappa shape index (κ3) is 23.5. The SMILES string of the molecule is CN1C=CN(c2[c-]c(Oc3[c-]c(-c4ncc(-c5ccccc5)s4)ccc3)ccc2)[CH-]1.CN1C=CN(c2[c-]c(Oc3[c-]c(-c4ncc(-c5cccnc5)s4)ccc3)ccc2)[CH-]1.Cc1cc(C)n(-c2[c-]c(Oc3[c-]c(-c4ncc(-c5cccnc5)s4)ccc3)ccc2)n1.Cn1ccnc1-c1[c-]c(Oc2[c-]c(-c3ncc(-c4cccnc4)s3)ccc2)ccc1.[Pt+2].[Pt+2].[Pt].[Pt]. The molecule has 27 heteroatoms. The van der Waals surface area contributed by atoms with E-state index >= 15 is 0 Å². The second kappa shape index (κ2) is 43.6. The van der Waals surface area contributed by atoms with Crippen molar-refractivity contribution in [3.63, 3.8) is 0 Å². The van der Waals surface area contributed by atoms with Crippen LogP contribution in [0.15, 0.2) is 318 Å². The Kier molecular flexibility index (Phi) is 31.6. The van der Waals surface area contributed by atoms with E-state index in [0.717, 1.165) is 118 Å². The third-order valence-corrected chi connectivity index (χ3v) is 22.5. The molecule has 125 heavy (non-hydrogen) atoms. The molecule has 0 fully saturated rings. The van der Waals surface area contributed by atoms with Crippen LogP contribution < -0.4 is 28.7 Å². The molecule has 11 heterocycles. The van der Waals surface area contributed by atoms with Crippen molar-refractivity contribution in [2.45, 2.75) is 13.8 Å². The molecule has 0 atom stereocenters. The van der Waals surface area contributed by atoms with Crippen LogP contribution in [0.4, 0.5) is 11.4 Å². The summed E-state index contributed by atoms with van der Waals surface area (Å²) < 4.78 is 28.0. The van der Waals surface area contributed by atoms with E-state index in [0.29, 0.717) is 46.0 Å². The summed E-state index contributed by atoms with van der Waals surface area (Å²) in [5.74, 6) is 5.80. The molecule has 0 saturated carbocycles. The molecule has 19 nitrogen and oxygen atoms in total. The Balaban J connectivity index is 0.000000142. The van der Waals surface area contributed by atoms with Crippen LogP contribution >= 0.6 is 45.3 Å². The van der Waals surface area contributed by atoms with E-state index in [1.165, 1.54) is 5.56 Å². The second-order valence-electron chi connectivity index (χ2n) is 27.1. The van der Waals surface area contributed by atoms with E-state index < -0.39 is 0 Å². The summed E-state index contributed by atoms with van der Waals surface area (Å²) in [7, 11) is 5.92. The van der Waals surface area contributed by atoms with Gasteiger partial charge in [0.1, 0.15) is 0 Å². The fourth-order valence-electron chi connectivity index (χ4n) is 12.5. The molecule has 0 spiro atoms. The number of hydrogen-bond donors (Lipinski definition) is 0. The summed E-state index contributed by atoms with van der Waals surface area (Å²) >= 11 is 6.45.